The van der Waals surface area contributed by atoms with Crippen molar-refractivity contribution in [2.75, 3.05) is 37.9 Å². The highest BCUT2D eigenvalue weighted by atomic mass is 32.2. The lowest BCUT2D eigenvalue weighted by molar-refractivity contribution is 0.356. The molecule has 6 heteroatoms. The molecule has 120 valence electrons. The average Bonchev–Trinajstić information content (AvgIpc) is 2.28. The fraction of sp³-hybridized carbons (Fsp3) is 0.600. The van der Waals surface area contributed by atoms with E-state index in [0.29, 0.717) is 17.3 Å². The molecular formula is C15H27N3O2S. The highest BCUT2D eigenvalue weighted by molar-refractivity contribution is 7.90. The zero-order valence-electron chi connectivity index (χ0n) is 13.6. The summed E-state index contributed by atoms with van der Waals surface area (Å²) in [5.41, 5.74) is 7.01. The molecule has 0 saturated heterocycles. The standard InChI is InChI=1S/C15H27N3O2S/c1-11(2)9-12(10-18(3)4)17-13-7-6-8-14(15(13)16)21(5,19)20/h6-8,11-12,17H,9-10,16H2,1-5H3. The Morgan fingerprint density at radius 2 is 1.90 bits per heavy atom. The predicted octanol–water partition coefficient (Wildman–Crippen LogP) is 2.06. The number of hydrogen-bond acceptors (Lipinski definition) is 5. The fourth-order valence-electron chi connectivity index (χ4n) is 2.40. The molecule has 3 N–H and O–H groups in total. The van der Waals surface area contributed by atoms with Crippen LogP contribution in [0, 0.1) is 5.92 Å². The minimum absolute atomic E-state index is 0.181. The maximum Gasteiger partial charge on any atom is 0.177 e. The third-order valence-electron chi connectivity index (χ3n) is 3.17. The van der Waals surface area contributed by atoms with Gasteiger partial charge in [-0.05, 0) is 38.6 Å². The van der Waals surface area contributed by atoms with Crippen LogP contribution in [0.1, 0.15) is 20.3 Å². The van der Waals surface area contributed by atoms with Crippen molar-refractivity contribution >= 4 is 21.2 Å². The second-order valence-electron chi connectivity index (χ2n) is 6.22. The van der Waals surface area contributed by atoms with Crippen LogP contribution in [0.2, 0.25) is 0 Å². The average molecular weight is 313 g/mol. The molecule has 1 unspecified atom stereocenters. The minimum Gasteiger partial charge on any atom is -0.396 e. The molecule has 0 aliphatic rings. The van der Waals surface area contributed by atoms with Gasteiger partial charge < -0.3 is 16.0 Å². The monoisotopic (exact) mass is 313 g/mol. The molecule has 21 heavy (non-hydrogen) atoms. The van der Waals surface area contributed by atoms with E-state index in [9.17, 15) is 8.42 Å². The number of hydrogen-bond donors (Lipinski definition) is 2. The number of benzene rings is 1. The lowest BCUT2D eigenvalue weighted by atomic mass is 10.0. The van der Waals surface area contributed by atoms with E-state index in [1.807, 2.05) is 20.2 Å². The molecule has 0 amide bonds. The predicted molar refractivity (Wildman–Crippen MR) is 89.4 cm³/mol. The Balaban J connectivity index is 3.04. The Labute approximate surface area is 128 Å². The second-order valence-corrected chi connectivity index (χ2v) is 8.21. The number of nitrogens with zero attached hydrogens (tertiary/aromatic N) is 1. The van der Waals surface area contributed by atoms with E-state index < -0.39 is 9.84 Å². The SMILES string of the molecule is CC(C)CC(CN(C)C)Nc1cccc(S(C)(=O)=O)c1N. The lowest BCUT2D eigenvalue weighted by Gasteiger charge is -2.26. The van der Waals surface area contributed by atoms with E-state index in [2.05, 4.69) is 24.1 Å². The van der Waals surface area contributed by atoms with Crippen LogP contribution in [0.3, 0.4) is 0 Å². The lowest BCUT2D eigenvalue weighted by Crippen LogP contribution is -2.33. The summed E-state index contributed by atoms with van der Waals surface area (Å²) >= 11 is 0. The Kier molecular flexibility index (Phi) is 6.04. The number of rotatable bonds is 7. The molecule has 0 spiro atoms. The van der Waals surface area contributed by atoms with Crippen molar-refractivity contribution in [3.63, 3.8) is 0 Å². The molecular weight excluding hydrogens is 286 g/mol. The first kappa shape index (κ1) is 17.8. The summed E-state index contributed by atoms with van der Waals surface area (Å²) in [6, 6.07) is 5.31. The molecule has 0 aliphatic carbocycles. The van der Waals surface area contributed by atoms with Crippen LogP contribution in [0.15, 0.2) is 23.1 Å². The normalized spacial score (nSPS) is 13.7. The molecule has 0 heterocycles. The van der Waals surface area contributed by atoms with E-state index in [1.54, 1.807) is 12.1 Å². The molecule has 0 saturated carbocycles. The highest BCUT2D eigenvalue weighted by Gasteiger charge is 2.17. The van der Waals surface area contributed by atoms with Crippen LogP contribution < -0.4 is 11.1 Å². The second kappa shape index (κ2) is 7.13. The molecule has 1 aromatic rings. The van der Waals surface area contributed by atoms with Crippen molar-refractivity contribution in [3.8, 4) is 0 Å². The van der Waals surface area contributed by atoms with E-state index in [4.69, 9.17) is 5.73 Å². The Morgan fingerprint density at radius 1 is 1.29 bits per heavy atom. The number of nitrogen functional groups attached to an aromatic ring is 1. The summed E-state index contributed by atoms with van der Waals surface area (Å²) in [7, 11) is 0.725. The van der Waals surface area contributed by atoms with Gasteiger partial charge in [0.25, 0.3) is 0 Å². The summed E-state index contributed by atoms with van der Waals surface area (Å²) in [5.74, 6) is 0.543. The number of likely N-dealkylation sites (N-methyl/N-ethyl adjacent to an activating group) is 1. The maximum atomic E-state index is 11.7. The van der Waals surface area contributed by atoms with Gasteiger partial charge in [0.2, 0.25) is 0 Å². The molecule has 1 aromatic carbocycles. The Hall–Kier alpha value is -1.27. The van der Waals surface area contributed by atoms with Crippen molar-refractivity contribution in [2.24, 2.45) is 5.92 Å². The van der Waals surface area contributed by atoms with E-state index in [0.717, 1.165) is 13.0 Å². The van der Waals surface area contributed by atoms with Crippen molar-refractivity contribution in [1.29, 1.82) is 0 Å². The van der Waals surface area contributed by atoms with E-state index in [-0.39, 0.29) is 10.9 Å². The number of nitrogens with one attached hydrogen (secondary N) is 1. The van der Waals surface area contributed by atoms with E-state index >= 15 is 0 Å². The first-order valence-electron chi connectivity index (χ1n) is 7.11. The maximum absolute atomic E-state index is 11.7. The third kappa shape index (κ3) is 5.55. The summed E-state index contributed by atoms with van der Waals surface area (Å²) < 4.78 is 23.5. The van der Waals surface area contributed by atoms with Gasteiger partial charge in [-0.2, -0.15) is 0 Å². The van der Waals surface area contributed by atoms with Crippen LogP contribution in [0.25, 0.3) is 0 Å². The minimum atomic E-state index is -3.31. The number of para-hydroxylation sites is 1. The van der Waals surface area contributed by atoms with Gasteiger partial charge in [-0.25, -0.2) is 8.42 Å². The van der Waals surface area contributed by atoms with Crippen molar-refractivity contribution in [2.45, 2.75) is 31.2 Å². The first-order chi connectivity index (χ1) is 9.61. The highest BCUT2D eigenvalue weighted by Crippen LogP contribution is 2.27. The fourth-order valence-corrected chi connectivity index (χ4v) is 3.24. The number of anilines is 2. The Bertz CT molecular complexity index is 558. The van der Waals surface area contributed by atoms with Crippen LogP contribution in [0.4, 0.5) is 11.4 Å². The van der Waals surface area contributed by atoms with Gasteiger partial charge in [0.1, 0.15) is 0 Å². The summed E-state index contributed by atoms with van der Waals surface area (Å²) in [4.78, 5) is 2.29. The molecule has 0 fully saturated rings. The van der Waals surface area contributed by atoms with Crippen LogP contribution in [0.5, 0.6) is 0 Å². The van der Waals surface area contributed by atoms with Gasteiger partial charge >= 0.3 is 0 Å². The zero-order chi connectivity index (χ0) is 16.2. The molecule has 1 rings (SSSR count). The zero-order valence-corrected chi connectivity index (χ0v) is 14.4. The molecule has 0 bridgehead atoms. The topological polar surface area (TPSA) is 75.4 Å². The van der Waals surface area contributed by atoms with Crippen molar-refractivity contribution < 1.29 is 8.42 Å². The molecule has 0 radical (unpaired) electrons. The van der Waals surface area contributed by atoms with Crippen molar-refractivity contribution in [1.82, 2.24) is 4.90 Å². The summed E-state index contributed by atoms with van der Waals surface area (Å²) in [6.07, 6.45) is 2.16. The molecule has 1 atom stereocenters. The van der Waals surface area contributed by atoms with Crippen LogP contribution in [-0.2, 0) is 9.84 Å². The van der Waals surface area contributed by atoms with Gasteiger partial charge in [0.05, 0.1) is 16.3 Å². The third-order valence-corrected chi connectivity index (χ3v) is 4.32. The summed E-state index contributed by atoms with van der Waals surface area (Å²) in [5, 5.41) is 3.39. The van der Waals surface area contributed by atoms with Gasteiger partial charge in [0, 0.05) is 18.8 Å². The van der Waals surface area contributed by atoms with Gasteiger partial charge in [-0.3, -0.25) is 0 Å². The molecule has 0 aliphatic heterocycles. The first-order valence-corrected chi connectivity index (χ1v) is 9.00. The largest absolute Gasteiger partial charge is 0.396 e. The molecule has 5 nitrogen and oxygen atoms in total. The Morgan fingerprint density at radius 3 is 2.38 bits per heavy atom. The van der Waals surface area contributed by atoms with Crippen molar-refractivity contribution in [3.05, 3.63) is 18.2 Å². The summed E-state index contributed by atoms with van der Waals surface area (Å²) in [6.45, 7) is 5.20. The molecule has 0 aromatic heterocycles. The van der Waals surface area contributed by atoms with Gasteiger partial charge in [-0.1, -0.05) is 19.9 Å². The van der Waals surface area contributed by atoms with Gasteiger partial charge in [0.15, 0.2) is 9.84 Å². The van der Waals surface area contributed by atoms with Crippen LogP contribution >= 0.6 is 0 Å². The number of sulfone groups is 1. The van der Waals surface area contributed by atoms with Crippen LogP contribution in [-0.4, -0.2) is 46.3 Å². The smallest absolute Gasteiger partial charge is 0.177 e. The quantitative estimate of drug-likeness (QED) is 0.754. The number of nitrogens with two attached hydrogens (primary N) is 1. The van der Waals surface area contributed by atoms with E-state index in [1.165, 1.54) is 6.26 Å². The van der Waals surface area contributed by atoms with Gasteiger partial charge in [-0.15, -0.1) is 0 Å².